The monoisotopic (exact) mass is 672 g/mol. The Hall–Kier alpha value is -4.59. The Morgan fingerprint density at radius 1 is 0.959 bits per heavy atom. The molecule has 12 heteroatoms. The zero-order chi connectivity index (χ0) is 34.5. The van der Waals surface area contributed by atoms with Crippen LogP contribution >= 0.6 is 0 Å². The molecule has 0 radical (unpaired) electrons. The number of alkyl carbamates (subject to hydrolysis) is 1. The lowest BCUT2D eigenvalue weighted by atomic mass is 9.95. The molecule has 0 spiro atoms. The standard InChI is InChI=1S/C37H40N2O10/c1-4-18-44-34(42)30(39-37(43)46-19-28-26-16-10-8-14-24(26)25-15-9-11-17-27(25)28)21(2)47-36-31(38-22(3)40)32(41)33-29(48-36)20-45-35(49-33)23-12-6-5-7-13-23/h4-17,21,28-33,35-36,41H,1,18-20H2,2-3H3,(H,38,40)(H,39,43)/t21-,29-,30+,31-,32-,33+,35+,36+/m1/s1. The van der Waals surface area contributed by atoms with Crippen molar-refractivity contribution in [1.29, 1.82) is 0 Å². The first-order chi connectivity index (χ1) is 23.7. The number of amides is 2. The molecule has 2 amide bonds. The summed E-state index contributed by atoms with van der Waals surface area (Å²) in [5.41, 5.74) is 4.99. The minimum Gasteiger partial charge on any atom is -0.460 e. The van der Waals surface area contributed by atoms with Crippen LogP contribution < -0.4 is 10.6 Å². The van der Waals surface area contributed by atoms with Crippen LogP contribution in [0.15, 0.2) is 91.5 Å². The third-order valence-electron chi connectivity index (χ3n) is 8.84. The molecule has 3 N–H and O–H groups in total. The Morgan fingerprint density at radius 3 is 2.27 bits per heavy atom. The highest BCUT2D eigenvalue weighted by Crippen LogP contribution is 2.44. The maximum atomic E-state index is 13.2. The lowest BCUT2D eigenvalue weighted by molar-refractivity contribution is -0.348. The first kappa shape index (κ1) is 34.3. The molecular weight excluding hydrogens is 632 g/mol. The van der Waals surface area contributed by atoms with Crippen LogP contribution in [-0.4, -0.2) is 85.7 Å². The second-order valence-electron chi connectivity index (χ2n) is 12.1. The van der Waals surface area contributed by atoms with Gasteiger partial charge in [0.25, 0.3) is 0 Å². The van der Waals surface area contributed by atoms with Crippen molar-refractivity contribution in [1.82, 2.24) is 10.6 Å². The fraction of sp³-hybridized carbons (Fsp3) is 0.378. The number of aliphatic hydroxyl groups is 1. The van der Waals surface area contributed by atoms with Gasteiger partial charge in [0.15, 0.2) is 18.6 Å². The number of benzene rings is 3. The van der Waals surface area contributed by atoms with Gasteiger partial charge in [-0.2, -0.15) is 0 Å². The number of nitrogens with one attached hydrogen (secondary N) is 2. The van der Waals surface area contributed by atoms with Crippen molar-refractivity contribution >= 4 is 18.0 Å². The third-order valence-corrected chi connectivity index (χ3v) is 8.84. The lowest BCUT2D eigenvalue weighted by Crippen LogP contribution is -2.67. The number of esters is 1. The van der Waals surface area contributed by atoms with Gasteiger partial charge < -0.3 is 44.2 Å². The summed E-state index contributed by atoms with van der Waals surface area (Å²) in [7, 11) is 0. The highest BCUT2D eigenvalue weighted by molar-refractivity contribution is 5.82. The van der Waals surface area contributed by atoms with Crippen molar-refractivity contribution in [2.75, 3.05) is 19.8 Å². The van der Waals surface area contributed by atoms with Gasteiger partial charge in [-0.3, -0.25) is 4.79 Å². The molecule has 1 aliphatic carbocycles. The molecule has 258 valence electrons. The minimum absolute atomic E-state index is 0.0269. The number of hydrogen-bond acceptors (Lipinski definition) is 10. The van der Waals surface area contributed by atoms with E-state index in [-0.39, 0.29) is 25.7 Å². The molecular formula is C37H40N2O10. The van der Waals surface area contributed by atoms with Crippen LogP contribution in [0.25, 0.3) is 11.1 Å². The Balaban J connectivity index is 1.14. The topological polar surface area (TPSA) is 151 Å². The van der Waals surface area contributed by atoms with Gasteiger partial charge in [0.05, 0.1) is 12.7 Å². The summed E-state index contributed by atoms with van der Waals surface area (Å²) < 4.78 is 35.3. The van der Waals surface area contributed by atoms with Crippen LogP contribution in [-0.2, 0) is 38.0 Å². The summed E-state index contributed by atoms with van der Waals surface area (Å²) in [6.07, 6.45) is -5.44. The van der Waals surface area contributed by atoms with E-state index >= 15 is 0 Å². The Kier molecular flexibility index (Phi) is 10.7. The molecule has 0 unspecified atom stereocenters. The summed E-state index contributed by atoms with van der Waals surface area (Å²) >= 11 is 0. The molecule has 2 heterocycles. The fourth-order valence-electron chi connectivity index (χ4n) is 6.53. The molecule has 0 bridgehead atoms. The molecule has 3 aromatic carbocycles. The van der Waals surface area contributed by atoms with Gasteiger partial charge in [-0.1, -0.05) is 91.5 Å². The van der Waals surface area contributed by atoms with Gasteiger partial charge in [0.1, 0.15) is 37.6 Å². The summed E-state index contributed by atoms with van der Waals surface area (Å²) in [6.45, 7) is 6.39. The van der Waals surface area contributed by atoms with E-state index in [9.17, 15) is 19.5 Å². The molecule has 0 aromatic heterocycles. The molecule has 6 rings (SSSR count). The molecule has 3 aromatic rings. The van der Waals surface area contributed by atoms with Crippen LogP contribution in [0.4, 0.5) is 4.79 Å². The van der Waals surface area contributed by atoms with E-state index in [0.717, 1.165) is 27.8 Å². The van der Waals surface area contributed by atoms with Gasteiger partial charge in [-0.05, 0) is 29.2 Å². The van der Waals surface area contributed by atoms with Gasteiger partial charge in [-0.25, -0.2) is 9.59 Å². The van der Waals surface area contributed by atoms with Crippen molar-refractivity contribution in [3.8, 4) is 11.1 Å². The van der Waals surface area contributed by atoms with Gasteiger partial charge in [0.2, 0.25) is 5.91 Å². The highest BCUT2D eigenvalue weighted by Gasteiger charge is 2.51. The van der Waals surface area contributed by atoms with Crippen molar-refractivity contribution in [2.45, 2.75) is 68.8 Å². The lowest BCUT2D eigenvalue weighted by Gasteiger charge is -2.48. The minimum atomic E-state index is -1.35. The summed E-state index contributed by atoms with van der Waals surface area (Å²) in [5.74, 6) is -1.44. The molecule has 2 aliphatic heterocycles. The van der Waals surface area contributed by atoms with Crippen molar-refractivity contribution in [3.05, 3.63) is 108 Å². The third kappa shape index (κ3) is 7.53. The molecule has 8 atom stereocenters. The second kappa shape index (κ2) is 15.3. The van der Waals surface area contributed by atoms with Crippen molar-refractivity contribution < 1.29 is 47.9 Å². The quantitative estimate of drug-likeness (QED) is 0.203. The normalized spacial score (nSPS) is 25.4. The van der Waals surface area contributed by atoms with Crippen LogP contribution in [0.3, 0.4) is 0 Å². The van der Waals surface area contributed by atoms with E-state index in [2.05, 4.69) is 17.2 Å². The largest absolute Gasteiger partial charge is 0.460 e. The molecule has 2 saturated heterocycles. The first-order valence-electron chi connectivity index (χ1n) is 16.2. The molecule has 3 aliphatic rings. The Labute approximate surface area is 284 Å². The van der Waals surface area contributed by atoms with Crippen LogP contribution in [0.1, 0.15) is 42.7 Å². The number of hydrogen-bond donors (Lipinski definition) is 3. The summed E-state index contributed by atoms with van der Waals surface area (Å²) in [6, 6.07) is 22.7. The van der Waals surface area contributed by atoms with Crippen molar-refractivity contribution in [2.24, 2.45) is 0 Å². The van der Waals surface area contributed by atoms with E-state index in [1.165, 1.54) is 19.9 Å². The first-order valence-corrected chi connectivity index (χ1v) is 16.2. The van der Waals surface area contributed by atoms with Gasteiger partial charge in [-0.15, -0.1) is 0 Å². The van der Waals surface area contributed by atoms with E-state index in [1.54, 1.807) is 0 Å². The van der Waals surface area contributed by atoms with Crippen LogP contribution in [0, 0.1) is 0 Å². The number of fused-ring (bicyclic) bond motifs is 4. The predicted octanol–water partition coefficient (Wildman–Crippen LogP) is 3.73. The number of rotatable bonds is 11. The smallest absolute Gasteiger partial charge is 0.407 e. The maximum Gasteiger partial charge on any atom is 0.407 e. The van der Waals surface area contributed by atoms with E-state index in [1.807, 2.05) is 78.9 Å². The van der Waals surface area contributed by atoms with Crippen LogP contribution in [0.5, 0.6) is 0 Å². The molecule has 49 heavy (non-hydrogen) atoms. The summed E-state index contributed by atoms with van der Waals surface area (Å²) in [5, 5.41) is 16.7. The highest BCUT2D eigenvalue weighted by atomic mass is 16.7. The number of carbonyl (C=O) groups excluding carboxylic acids is 3. The zero-order valence-corrected chi connectivity index (χ0v) is 27.2. The second-order valence-corrected chi connectivity index (χ2v) is 12.1. The van der Waals surface area contributed by atoms with Crippen molar-refractivity contribution in [3.63, 3.8) is 0 Å². The Morgan fingerprint density at radius 2 is 1.61 bits per heavy atom. The van der Waals surface area contributed by atoms with Crippen LogP contribution in [0.2, 0.25) is 0 Å². The van der Waals surface area contributed by atoms with E-state index in [4.69, 9.17) is 28.4 Å². The summed E-state index contributed by atoms with van der Waals surface area (Å²) in [4.78, 5) is 38.7. The molecule has 0 saturated carbocycles. The fourth-order valence-corrected chi connectivity index (χ4v) is 6.53. The van der Waals surface area contributed by atoms with Gasteiger partial charge in [0, 0.05) is 18.4 Å². The van der Waals surface area contributed by atoms with E-state index < -0.39 is 67.0 Å². The number of carbonyl (C=O) groups is 3. The average Bonchev–Trinajstić information content (AvgIpc) is 3.43. The molecule has 2 fully saturated rings. The number of ether oxygens (including phenoxy) is 6. The predicted molar refractivity (Wildman–Crippen MR) is 176 cm³/mol. The maximum absolute atomic E-state index is 13.2. The molecule has 12 nitrogen and oxygen atoms in total. The average molecular weight is 673 g/mol. The SMILES string of the molecule is C=CCOC(=O)[C@@H](NC(=O)OCC1c2ccccc2-c2ccccc21)[C@@H](C)O[C@H]1O[C@@H]2CO[C@H](c3ccccc3)O[C@@H]2[C@H](O)[C@H]1NC(C)=O. The van der Waals surface area contributed by atoms with Gasteiger partial charge >= 0.3 is 12.1 Å². The zero-order valence-electron chi connectivity index (χ0n) is 27.2. The Bertz CT molecular complexity index is 1610. The van der Waals surface area contributed by atoms with E-state index in [0.29, 0.717) is 0 Å². The number of aliphatic hydroxyl groups excluding tert-OH is 1.